The maximum absolute atomic E-state index is 13.0. The molecule has 10 heteroatoms. The number of methoxy groups -OCH3 is 1. The van der Waals surface area contributed by atoms with Gasteiger partial charge in [0, 0.05) is 6.42 Å². The zero-order chi connectivity index (χ0) is 25.4. The maximum atomic E-state index is 13.0. The largest absolute Gasteiger partial charge is 0.508 e. The number of rotatable bonds is 8. The van der Waals surface area contributed by atoms with Crippen LogP contribution in [-0.2, 0) is 35.0 Å². The van der Waals surface area contributed by atoms with Crippen molar-refractivity contribution in [3.8, 4) is 5.75 Å². The van der Waals surface area contributed by atoms with Crippen molar-refractivity contribution in [3.63, 3.8) is 0 Å². The summed E-state index contributed by atoms with van der Waals surface area (Å²) < 4.78 is 15.2. The monoisotopic (exact) mass is 466 g/mol. The standard InChI is InChI=1S/C23H34N2O8/c1-22(2,3)32-18(27)13-16(25-21(30)33-23(4,5)6)19(28)24-17(20(29)31-7)12-14-8-10-15(26)11-9-14/h8-11,16-17,26H,12-13H2,1-7H3,(H,24,28)(H,25,30)/t16-,17+/m0/s1. The van der Waals surface area contributed by atoms with E-state index in [2.05, 4.69) is 10.6 Å². The van der Waals surface area contributed by atoms with Gasteiger partial charge in [0.25, 0.3) is 0 Å². The highest BCUT2D eigenvalue weighted by Gasteiger charge is 2.32. The molecule has 0 aliphatic heterocycles. The molecule has 0 saturated carbocycles. The Labute approximate surface area is 194 Å². The molecule has 0 fully saturated rings. The molecule has 0 radical (unpaired) electrons. The summed E-state index contributed by atoms with van der Waals surface area (Å²) in [6.07, 6.45) is -1.32. The van der Waals surface area contributed by atoms with E-state index in [0.29, 0.717) is 5.56 Å². The second kappa shape index (κ2) is 11.5. The van der Waals surface area contributed by atoms with E-state index in [-0.39, 0.29) is 12.2 Å². The first-order valence-electron chi connectivity index (χ1n) is 10.5. The minimum atomic E-state index is -1.36. The third-order valence-electron chi connectivity index (χ3n) is 3.98. The van der Waals surface area contributed by atoms with Gasteiger partial charge in [0.1, 0.15) is 29.0 Å². The van der Waals surface area contributed by atoms with E-state index in [9.17, 15) is 24.3 Å². The highest BCUT2D eigenvalue weighted by atomic mass is 16.6. The van der Waals surface area contributed by atoms with Gasteiger partial charge in [-0.25, -0.2) is 9.59 Å². The Morgan fingerprint density at radius 3 is 1.91 bits per heavy atom. The van der Waals surface area contributed by atoms with E-state index in [1.807, 2.05) is 0 Å². The number of carbonyl (C=O) groups excluding carboxylic acids is 4. The van der Waals surface area contributed by atoms with Crippen molar-refractivity contribution in [2.75, 3.05) is 7.11 Å². The molecule has 1 aromatic carbocycles. The molecule has 0 saturated heterocycles. The normalized spacial score (nSPS) is 13.3. The number of ether oxygens (including phenoxy) is 3. The van der Waals surface area contributed by atoms with Crippen LogP contribution in [0.5, 0.6) is 5.75 Å². The van der Waals surface area contributed by atoms with Crippen LogP contribution < -0.4 is 10.6 Å². The Morgan fingerprint density at radius 2 is 1.42 bits per heavy atom. The van der Waals surface area contributed by atoms with E-state index >= 15 is 0 Å². The van der Waals surface area contributed by atoms with Crippen molar-refractivity contribution in [1.29, 1.82) is 0 Å². The molecular weight excluding hydrogens is 432 g/mol. The first kappa shape index (κ1) is 27.7. The second-order valence-electron chi connectivity index (χ2n) is 9.44. The predicted molar refractivity (Wildman–Crippen MR) is 119 cm³/mol. The van der Waals surface area contributed by atoms with E-state index in [1.165, 1.54) is 19.2 Å². The van der Waals surface area contributed by atoms with Crippen LogP contribution in [0, 0.1) is 0 Å². The molecule has 2 amide bonds. The fourth-order valence-corrected chi connectivity index (χ4v) is 2.68. The number of phenolic OH excluding ortho intramolecular Hbond substituents is 1. The number of hydrogen-bond acceptors (Lipinski definition) is 8. The summed E-state index contributed by atoms with van der Waals surface area (Å²) in [7, 11) is 1.18. The molecule has 0 unspecified atom stereocenters. The van der Waals surface area contributed by atoms with Crippen LogP contribution >= 0.6 is 0 Å². The van der Waals surface area contributed by atoms with Gasteiger partial charge in [-0.2, -0.15) is 0 Å². The zero-order valence-corrected chi connectivity index (χ0v) is 20.2. The van der Waals surface area contributed by atoms with Gasteiger partial charge in [-0.1, -0.05) is 12.1 Å². The number of benzene rings is 1. The lowest BCUT2D eigenvalue weighted by atomic mass is 10.0. The van der Waals surface area contributed by atoms with Crippen molar-refractivity contribution >= 4 is 23.9 Å². The predicted octanol–water partition coefficient (Wildman–Crippen LogP) is 2.22. The minimum Gasteiger partial charge on any atom is -0.508 e. The summed E-state index contributed by atoms with van der Waals surface area (Å²) >= 11 is 0. The van der Waals surface area contributed by atoms with Gasteiger partial charge in [-0.3, -0.25) is 9.59 Å². The molecule has 0 aliphatic rings. The van der Waals surface area contributed by atoms with Crippen LogP contribution in [0.3, 0.4) is 0 Å². The number of aromatic hydroxyl groups is 1. The topological polar surface area (TPSA) is 140 Å². The van der Waals surface area contributed by atoms with Crippen LogP contribution in [0.4, 0.5) is 4.79 Å². The van der Waals surface area contributed by atoms with Crippen molar-refractivity contribution in [3.05, 3.63) is 29.8 Å². The maximum Gasteiger partial charge on any atom is 0.408 e. The van der Waals surface area contributed by atoms with Crippen molar-refractivity contribution < 1.29 is 38.5 Å². The molecule has 33 heavy (non-hydrogen) atoms. The van der Waals surface area contributed by atoms with Crippen LogP contribution in [0.15, 0.2) is 24.3 Å². The lowest BCUT2D eigenvalue weighted by molar-refractivity contribution is -0.156. The fraction of sp³-hybridized carbons (Fsp3) is 0.565. The molecule has 3 N–H and O–H groups in total. The molecule has 0 aromatic heterocycles. The molecule has 10 nitrogen and oxygen atoms in total. The van der Waals surface area contributed by atoms with Gasteiger partial charge in [-0.15, -0.1) is 0 Å². The van der Waals surface area contributed by atoms with Gasteiger partial charge < -0.3 is 30.0 Å². The van der Waals surface area contributed by atoms with E-state index in [1.54, 1.807) is 53.7 Å². The first-order valence-corrected chi connectivity index (χ1v) is 10.5. The lowest BCUT2D eigenvalue weighted by Gasteiger charge is -2.26. The average Bonchev–Trinajstić information content (AvgIpc) is 2.64. The Morgan fingerprint density at radius 1 is 0.879 bits per heavy atom. The molecule has 1 aromatic rings. The van der Waals surface area contributed by atoms with E-state index in [0.717, 1.165) is 0 Å². The van der Waals surface area contributed by atoms with Gasteiger partial charge in [0.2, 0.25) is 5.91 Å². The number of alkyl carbamates (subject to hydrolysis) is 1. The number of hydrogen-bond donors (Lipinski definition) is 3. The molecule has 2 atom stereocenters. The summed E-state index contributed by atoms with van der Waals surface area (Å²) in [5.74, 6) is -2.17. The Bertz CT molecular complexity index is 808. The minimum absolute atomic E-state index is 0.0522. The fourth-order valence-electron chi connectivity index (χ4n) is 2.68. The number of amides is 2. The first-order chi connectivity index (χ1) is 15.1. The molecular formula is C23H34N2O8. The van der Waals surface area contributed by atoms with Crippen LogP contribution in [0.25, 0.3) is 0 Å². The quantitative estimate of drug-likeness (QED) is 0.391. The van der Waals surface area contributed by atoms with Gasteiger partial charge >= 0.3 is 18.0 Å². The van der Waals surface area contributed by atoms with Gasteiger partial charge in [-0.05, 0) is 59.2 Å². The highest BCUT2D eigenvalue weighted by molar-refractivity contribution is 5.92. The molecule has 0 heterocycles. The summed E-state index contributed by atoms with van der Waals surface area (Å²) in [6, 6.07) is 3.61. The van der Waals surface area contributed by atoms with Crippen LogP contribution in [0.2, 0.25) is 0 Å². The van der Waals surface area contributed by atoms with E-state index < -0.39 is 53.6 Å². The lowest BCUT2D eigenvalue weighted by Crippen LogP contribution is -2.54. The van der Waals surface area contributed by atoms with Crippen molar-refractivity contribution in [1.82, 2.24) is 10.6 Å². The summed E-state index contributed by atoms with van der Waals surface area (Å²) in [4.78, 5) is 49.8. The molecule has 0 spiro atoms. The van der Waals surface area contributed by atoms with Crippen LogP contribution in [0.1, 0.15) is 53.5 Å². The third kappa shape index (κ3) is 11.2. The van der Waals surface area contributed by atoms with Gasteiger partial charge in [0.05, 0.1) is 13.5 Å². The SMILES string of the molecule is COC(=O)[C@@H](Cc1ccc(O)cc1)NC(=O)[C@H](CC(=O)OC(C)(C)C)NC(=O)OC(C)(C)C. The van der Waals surface area contributed by atoms with E-state index in [4.69, 9.17) is 14.2 Å². The number of carbonyl (C=O) groups is 4. The summed E-state index contributed by atoms with van der Waals surface area (Å²) in [6.45, 7) is 9.98. The Hall–Kier alpha value is -3.30. The van der Waals surface area contributed by atoms with Crippen molar-refractivity contribution in [2.24, 2.45) is 0 Å². The van der Waals surface area contributed by atoms with Crippen molar-refractivity contribution in [2.45, 2.75) is 77.7 Å². The number of esters is 2. The second-order valence-corrected chi connectivity index (χ2v) is 9.44. The molecule has 0 aliphatic carbocycles. The smallest absolute Gasteiger partial charge is 0.408 e. The highest BCUT2D eigenvalue weighted by Crippen LogP contribution is 2.14. The summed E-state index contributed by atoms with van der Waals surface area (Å²) in [5, 5.41) is 14.3. The molecule has 0 bridgehead atoms. The zero-order valence-electron chi connectivity index (χ0n) is 20.2. The summed E-state index contributed by atoms with van der Waals surface area (Å²) in [5.41, 5.74) is -0.977. The number of phenols is 1. The molecule has 1 rings (SSSR count). The Kier molecular flexibility index (Phi) is 9.69. The Balaban J connectivity index is 3.04. The van der Waals surface area contributed by atoms with Gasteiger partial charge in [0.15, 0.2) is 0 Å². The van der Waals surface area contributed by atoms with Crippen LogP contribution in [-0.4, -0.2) is 59.4 Å². The number of nitrogens with one attached hydrogen (secondary N) is 2. The third-order valence-corrected chi connectivity index (χ3v) is 3.98. The molecule has 184 valence electrons. The average molecular weight is 467 g/mol.